The summed E-state index contributed by atoms with van der Waals surface area (Å²) in [7, 11) is 0. The molecule has 0 bridgehead atoms. The van der Waals surface area contributed by atoms with Crippen LogP contribution in [0.25, 0.3) is 0 Å². The summed E-state index contributed by atoms with van der Waals surface area (Å²) in [6.07, 6.45) is 2.96. The van der Waals surface area contributed by atoms with Gasteiger partial charge in [-0.1, -0.05) is 24.3 Å². The fourth-order valence-electron chi connectivity index (χ4n) is 4.02. The van der Waals surface area contributed by atoms with Crippen molar-refractivity contribution < 1.29 is 18.7 Å². The van der Waals surface area contributed by atoms with E-state index in [0.29, 0.717) is 31.6 Å². The summed E-state index contributed by atoms with van der Waals surface area (Å²) in [5.74, 6) is -0.236. The lowest BCUT2D eigenvalue weighted by Gasteiger charge is -2.37. The molecule has 1 atom stereocenters. The number of hydrogen-bond acceptors (Lipinski definition) is 3. The Morgan fingerprint density at radius 1 is 1.10 bits per heavy atom. The Kier molecular flexibility index (Phi) is 5.86. The molecule has 2 aromatic carbocycles. The van der Waals surface area contributed by atoms with Gasteiger partial charge in [0.2, 0.25) is 11.8 Å². The van der Waals surface area contributed by atoms with Crippen LogP contribution in [0.3, 0.4) is 0 Å². The zero-order valence-corrected chi connectivity index (χ0v) is 17.1. The molecule has 2 aromatic rings. The van der Waals surface area contributed by atoms with Gasteiger partial charge in [-0.2, -0.15) is 0 Å². The second kappa shape index (κ2) is 8.56. The first-order valence-electron chi connectivity index (χ1n) is 10.5. The van der Waals surface area contributed by atoms with E-state index in [1.807, 2.05) is 37.3 Å². The van der Waals surface area contributed by atoms with E-state index in [2.05, 4.69) is 10.6 Å². The molecule has 2 aliphatic rings. The summed E-state index contributed by atoms with van der Waals surface area (Å²) in [5, 5.41) is 6.03. The second-order valence-corrected chi connectivity index (χ2v) is 8.29. The Bertz CT molecular complexity index is 918. The normalized spacial score (nSPS) is 19.0. The largest absolute Gasteiger partial charge is 0.381 e. The van der Waals surface area contributed by atoms with Gasteiger partial charge >= 0.3 is 0 Å². The van der Waals surface area contributed by atoms with E-state index in [9.17, 15) is 14.0 Å². The summed E-state index contributed by atoms with van der Waals surface area (Å²) in [5.41, 5.74) is 1.59. The average molecular weight is 410 g/mol. The lowest BCUT2D eigenvalue weighted by atomic mass is 9.73. The molecule has 2 fully saturated rings. The fourth-order valence-corrected chi connectivity index (χ4v) is 4.02. The van der Waals surface area contributed by atoms with Gasteiger partial charge in [0.15, 0.2) is 0 Å². The molecule has 0 spiro atoms. The van der Waals surface area contributed by atoms with Gasteiger partial charge in [0.05, 0.1) is 11.5 Å². The van der Waals surface area contributed by atoms with Crippen molar-refractivity contribution in [2.45, 2.75) is 44.1 Å². The van der Waals surface area contributed by atoms with Gasteiger partial charge in [-0.15, -0.1) is 0 Å². The third kappa shape index (κ3) is 4.38. The average Bonchev–Trinajstić information content (AvgIpc) is 3.60. The van der Waals surface area contributed by atoms with Gasteiger partial charge in [-0.3, -0.25) is 9.59 Å². The maximum absolute atomic E-state index is 13.9. The number of benzene rings is 2. The Labute approximate surface area is 176 Å². The fraction of sp³-hybridized carbons (Fsp3) is 0.417. The van der Waals surface area contributed by atoms with Crippen LogP contribution in [0.4, 0.5) is 10.1 Å². The third-order valence-corrected chi connectivity index (χ3v) is 6.13. The van der Waals surface area contributed by atoms with Crippen LogP contribution < -0.4 is 10.6 Å². The third-order valence-electron chi connectivity index (χ3n) is 6.13. The van der Waals surface area contributed by atoms with E-state index in [1.165, 1.54) is 12.1 Å². The molecule has 30 heavy (non-hydrogen) atoms. The number of hydrogen-bond donors (Lipinski definition) is 2. The minimum Gasteiger partial charge on any atom is -0.381 e. The first-order valence-corrected chi connectivity index (χ1v) is 10.5. The number of carbonyl (C=O) groups excluding carboxylic acids is 2. The molecule has 0 radical (unpaired) electrons. The molecule has 1 heterocycles. The topological polar surface area (TPSA) is 67.4 Å². The monoisotopic (exact) mass is 410 g/mol. The Balaban J connectivity index is 1.47. The molecule has 1 aliphatic heterocycles. The lowest BCUT2D eigenvalue weighted by Crippen LogP contribution is -2.48. The van der Waals surface area contributed by atoms with Gasteiger partial charge in [0.1, 0.15) is 5.82 Å². The zero-order valence-electron chi connectivity index (χ0n) is 17.1. The lowest BCUT2D eigenvalue weighted by molar-refractivity contribution is -0.131. The SMILES string of the molecule is CC(NC(=O)C1(c2cccc(F)c2)CCOCC1)c1ccc(NC(=O)C2CC2)cc1. The summed E-state index contributed by atoms with van der Waals surface area (Å²) in [6.45, 7) is 2.86. The van der Waals surface area contributed by atoms with E-state index < -0.39 is 5.41 Å². The molecule has 0 aromatic heterocycles. The predicted molar refractivity (Wildman–Crippen MR) is 112 cm³/mol. The minimum absolute atomic E-state index is 0.0700. The van der Waals surface area contributed by atoms with Crippen molar-refractivity contribution in [3.05, 3.63) is 65.5 Å². The highest BCUT2D eigenvalue weighted by molar-refractivity contribution is 5.94. The Morgan fingerprint density at radius 3 is 2.43 bits per heavy atom. The van der Waals surface area contributed by atoms with Crippen LogP contribution in [-0.2, 0) is 19.7 Å². The van der Waals surface area contributed by atoms with Crippen LogP contribution in [0.2, 0.25) is 0 Å². The smallest absolute Gasteiger partial charge is 0.231 e. The Morgan fingerprint density at radius 2 is 1.80 bits per heavy atom. The van der Waals surface area contributed by atoms with E-state index >= 15 is 0 Å². The molecule has 1 unspecified atom stereocenters. The van der Waals surface area contributed by atoms with Crippen molar-refractivity contribution in [2.24, 2.45) is 5.92 Å². The van der Waals surface area contributed by atoms with Crippen LogP contribution >= 0.6 is 0 Å². The number of ether oxygens (including phenoxy) is 1. The van der Waals surface area contributed by atoms with Crippen molar-refractivity contribution in [3.63, 3.8) is 0 Å². The molecular weight excluding hydrogens is 383 g/mol. The van der Waals surface area contributed by atoms with Gasteiger partial charge in [-0.25, -0.2) is 4.39 Å². The number of rotatable bonds is 6. The minimum atomic E-state index is -0.799. The van der Waals surface area contributed by atoms with Crippen LogP contribution in [-0.4, -0.2) is 25.0 Å². The molecular formula is C24H27FN2O3. The summed E-state index contributed by atoms with van der Waals surface area (Å²) in [4.78, 5) is 25.3. The summed E-state index contributed by atoms with van der Waals surface area (Å²) >= 11 is 0. The molecule has 158 valence electrons. The molecule has 2 amide bonds. The van der Waals surface area contributed by atoms with Crippen LogP contribution in [0, 0.1) is 11.7 Å². The molecule has 1 saturated carbocycles. The quantitative estimate of drug-likeness (QED) is 0.753. The van der Waals surface area contributed by atoms with Crippen molar-refractivity contribution in [1.29, 1.82) is 0 Å². The van der Waals surface area contributed by atoms with Crippen LogP contribution in [0.5, 0.6) is 0 Å². The first kappa shape index (κ1) is 20.5. The van der Waals surface area contributed by atoms with Crippen LogP contribution in [0.1, 0.15) is 49.8 Å². The van der Waals surface area contributed by atoms with Crippen molar-refractivity contribution in [3.8, 4) is 0 Å². The number of amides is 2. The van der Waals surface area contributed by atoms with Gasteiger partial charge in [-0.05, 0) is 68.0 Å². The molecule has 6 heteroatoms. The standard InChI is InChI=1S/C24H27FN2O3/c1-16(17-7-9-21(10-8-17)27-22(28)18-5-6-18)26-23(29)24(11-13-30-14-12-24)19-3-2-4-20(25)15-19/h2-4,7-10,15-16,18H,5-6,11-14H2,1H3,(H,26,29)(H,27,28). The van der Waals surface area contributed by atoms with Gasteiger partial charge < -0.3 is 15.4 Å². The molecule has 1 aliphatic carbocycles. The van der Waals surface area contributed by atoms with E-state index in [1.54, 1.807) is 6.07 Å². The number of carbonyl (C=O) groups is 2. The van der Waals surface area contributed by atoms with Crippen molar-refractivity contribution >= 4 is 17.5 Å². The van der Waals surface area contributed by atoms with E-state index in [4.69, 9.17) is 4.74 Å². The maximum atomic E-state index is 13.9. The van der Waals surface area contributed by atoms with Crippen molar-refractivity contribution in [2.75, 3.05) is 18.5 Å². The highest BCUT2D eigenvalue weighted by Crippen LogP contribution is 2.36. The zero-order chi connectivity index (χ0) is 21.1. The summed E-state index contributed by atoms with van der Waals surface area (Å²) < 4.78 is 19.3. The van der Waals surface area contributed by atoms with E-state index in [0.717, 1.165) is 24.1 Å². The van der Waals surface area contributed by atoms with Crippen LogP contribution in [0.15, 0.2) is 48.5 Å². The molecule has 5 nitrogen and oxygen atoms in total. The highest BCUT2D eigenvalue weighted by atomic mass is 19.1. The first-order chi connectivity index (χ1) is 14.5. The Hall–Kier alpha value is -2.73. The number of halogens is 1. The molecule has 2 N–H and O–H groups in total. The maximum Gasteiger partial charge on any atom is 0.231 e. The number of nitrogens with one attached hydrogen (secondary N) is 2. The van der Waals surface area contributed by atoms with E-state index in [-0.39, 0.29) is 29.6 Å². The molecule has 1 saturated heterocycles. The number of anilines is 1. The van der Waals surface area contributed by atoms with Gasteiger partial charge in [0.25, 0.3) is 0 Å². The molecule has 4 rings (SSSR count). The highest BCUT2D eigenvalue weighted by Gasteiger charge is 2.42. The second-order valence-electron chi connectivity index (χ2n) is 8.29. The van der Waals surface area contributed by atoms with Gasteiger partial charge in [0, 0.05) is 24.8 Å². The summed E-state index contributed by atoms with van der Waals surface area (Å²) in [6, 6.07) is 13.6. The predicted octanol–water partition coefficient (Wildman–Crippen LogP) is 4.10. The van der Waals surface area contributed by atoms with Crippen molar-refractivity contribution in [1.82, 2.24) is 5.32 Å².